The van der Waals surface area contributed by atoms with Crippen LogP contribution in [0.15, 0.2) is 224 Å². The molecule has 77 heavy (non-hydrogen) atoms. The summed E-state index contributed by atoms with van der Waals surface area (Å²) in [5.74, 6) is 1.61. The van der Waals surface area contributed by atoms with Crippen molar-refractivity contribution in [2.75, 3.05) is 50.5 Å². The molecular formula is C67H52N10. The molecule has 0 bridgehead atoms. The molecule has 370 valence electrons. The van der Waals surface area contributed by atoms with E-state index < -0.39 is 0 Å². The van der Waals surface area contributed by atoms with Crippen LogP contribution < -0.4 is 29.4 Å². The lowest BCUT2D eigenvalue weighted by Gasteiger charge is -2.47. The van der Waals surface area contributed by atoms with Gasteiger partial charge in [0.15, 0.2) is 0 Å². The van der Waals surface area contributed by atoms with E-state index in [1.807, 2.05) is 0 Å². The zero-order valence-electron chi connectivity index (χ0n) is 43.3. The van der Waals surface area contributed by atoms with Crippen LogP contribution in [-0.2, 0) is 14.1 Å². The number of para-hydroxylation sites is 16. The third kappa shape index (κ3) is 6.36. The molecular weight excluding hydrogens is 945 g/mol. The quantitative estimate of drug-likeness (QED) is 0.163. The van der Waals surface area contributed by atoms with E-state index in [1.165, 1.54) is 0 Å². The van der Waals surface area contributed by atoms with Crippen LogP contribution in [0.1, 0.15) is 0 Å². The van der Waals surface area contributed by atoms with Gasteiger partial charge in [0.05, 0.1) is 113 Å². The van der Waals surface area contributed by atoms with Crippen LogP contribution in [0, 0.1) is 0 Å². The van der Waals surface area contributed by atoms with Crippen molar-refractivity contribution < 1.29 is 0 Å². The largest absolute Gasteiger partial charge is 0.341 e. The highest BCUT2D eigenvalue weighted by Gasteiger charge is 2.44. The molecule has 2 aromatic heterocycles. The van der Waals surface area contributed by atoms with Crippen molar-refractivity contribution in [1.82, 2.24) is 19.1 Å². The van der Waals surface area contributed by atoms with Crippen LogP contribution in [0.4, 0.5) is 85.3 Å². The molecule has 0 saturated heterocycles. The van der Waals surface area contributed by atoms with E-state index >= 15 is 0 Å². The molecule has 10 aromatic carbocycles. The Morgan fingerprint density at radius 3 is 0.870 bits per heavy atom. The predicted octanol–water partition coefficient (Wildman–Crippen LogP) is 17.1. The van der Waals surface area contributed by atoms with E-state index in [0.29, 0.717) is 0 Å². The molecule has 10 nitrogen and oxygen atoms in total. The van der Waals surface area contributed by atoms with Gasteiger partial charge in [0.2, 0.25) is 0 Å². The second-order valence-corrected chi connectivity index (χ2v) is 20.1. The number of benzene rings is 10. The molecule has 10 heteroatoms. The average Bonchev–Trinajstić information content (AvgIpc) is 4.13. The highest BCUT2D eigenvalue weighted by Crippen LogP contribution is 2.68. The smallest absolute Gasteiger partial charge is 0.143 e. The standard InChI is InChI=1S/C67H52N10/c1-70-48-31-13-19-37-54(48)75(55-38-20-14-32-49(55)70)63-60(43-25-7-6-8-26-43)61(66-68-44-27-9-11-29-46(44)73(66)4)62(67-69-45-28-10-12-30-47(45)74(67)5)64(76-56-39-21-15-33-50(56)71(2)51-34-16-22-40-57(51)76)65(63)77-58-41-23-17-35-52(58)72(3)53-36-18-24-42-59(53)77/h6-42H,1-5H3. The van der Waals surface area contributed by atoms with Crippen molar-refractivity contribution in [3.05, 3.63) is 224 Å². The number of aryl methyl sites for hydroxylation is 2. The summed E-state index contributed by atoms with van der Waals surface area (Å²) < 4.78 is 4.58. The van der Waals surface area contributed by atoms with E-state index in [9.17, 15) is 0 Å². The summed E-state index contributed by atoms with van der Waals surface area (Å²) in [4.78, 5) is 26.2. The highest BCUT2D eigenvalue weighted by atomic mass is 15.3. The molecule has 0 N–H and O–H groups in total. The molecule has 3 aliphatic heterocycles. The molecule has 0 radical (unpaired) electrons. The van der Waals surface area contributed by atoms with Gasteiger partial charge in [0.1, 0.15) is 11.6 Å². The lowest BCUT2D eigenvalue weighted by atomic mass is 9.86. The molecule has 5 heterocycles. The van der Waals surface area contributed by atoms with Gasteiger partial charge in [-0.3, -0.25) is 0 Å². The van der Waals surface area contributed by atoms with Crippen molar-refractivity contribution >= 4 is 107 Å². The molecule has 0 amide bonds. The number of nitrogens with zero attached hydrogens (tertiary/aromatic N) is 10. The van der Waals surface area contributed by atoms with Crippen LogP contribution in [-0.4, -0.2) is 40.2 Å². The molecule has 0 saturated carbocycles. The van der Waals surface area contributed by atoms with Crippen molar-refractivity contribution in [2.24, 2.45) is 14.1 Å². The summed E-state index contributed by atoms with van der Waals surface area (Å²) in [5.41, 5.74) is 23.3. The fourth-order valence-electron chi connectivity index (χ4n) is 12.5. The Balaban J connectivity index is 1.29. The summed E-state index contributed by atoms with van der Waals surface area (Å²) in [7, 11) is 10.9. The van der Waals surface area contributed by atoms with Crippen LogP contribution >= 0.6 is 0 Å². The van der Waals surface area contributed by atoms with Crippen molar-refractivity contribution in [1.29, 1.82) is 0 Å². The van der Waals surface area contributed by atoms with Gasteiger partial charge in [-0.1, -0.05) is 127 Å². The number of imidazole rings is 2. The second kappa shape index (κ2) is 17.0. The molecule has 0 unspecified atom stereocenters. The van der Waals surface area contributed by atoms with Crippen molar-refractivity contribution in [3.63, 3.8) is 0 Å². The fourth-order valence-corrected chi connectivity index (χ4v) is 12.5. The van der Waals surface area contributed by atoms with Gasteiger partial charge in [-0.2, -0.15) is 0 Å². The molecule has 3 aliphatic rings. The Kier molecular flexibility index (Phi) is 9.80. The molecule has 12 aromatic rings. The first-order valence-corrected chi connectivity index (χ1v) is 26.2. The monoisotopic (exact) mass is 996 g/mol. The third-order valence-electron chi connectivity index (χ3n) is 16.1. The average molecular weight is 997 g/mol. The maximum Gasteiger partial charge on any atom is 0.143 e. The van der Waals surface area contributed by atoms with Crippen LogP contribution in [0.2, 0.25) is 0 Å². The van der Waals surface area contributed by atoms with Gasteiger partial charge < -0.3 is 38.5 Å². The maximum atomic E-state index is 5.82. The minimum Gasteiger partial charge on any atom is -0.341 e. The first-order chi connectivity index (χ1) is 37.9. The Labute approximate surface area is 447 Å². The van der Waals surface area contributed by atoms with E-state index in [0.717, 1.165) is 141 Å². The lowest BCUT2D eigenvalue weighted by molar-refractivity contribution is 0.946. The zero-order chi connectivity index (χ0) is 51.6. The molecule has 15 rings (SSSR count). The minimum absolute atomic E-state index is 0.803. The molecule has 0 atom stereocenters. The minimum atomic E-state index is 0.803. The Bertz CT molecular complexity index is 4220. The summed E-state index contributed by atoms with van der Waals surface area (Å²) in [6.45, 7) is 0. The number of rotatable bonds is 6. The van der Waals surface area contributed by atoms with E-state index in [1.54, 1.807) is 0 Å². The van der Waals surface area contributed by atoms with Gasteiger partial charge >= 0.3 is 0 Å². The number of hydrogen-bond donors (Lipinski definition) is 0. The summed E-state index contributed by atoms with van der Waals surface area (Å²) in [6, 6.07) is 81.0. The number of fused-ring (bicyclic) bond motifs is 8. The predicted molar refractivity (Wildman–Crippen MR) is 320 cm³/mol. The third-order valence-corrected chi connectivity index (χ3v) is 16.1. The SMILES string of the molecule is CN1c2ccccc2N(c2c(-c3ccccc3)c(-c3nc4ccccc4n3C)c(-c3nc4ccccc4n3C)c(N3c4ccccc4N(C)c4ccccc43)c2N2c3ccccc3N(C)c3ccccc32)c2ccccc21. The first kappa shape index (κ1) is 44.4. The number of aromatic nitrogens is 4. The van der Waals surface area contributed by atoms with Crippen LogP contribution in [0.5, 0.6) is 0 Å². The van der Waals surface area contributed by atoms with Gasteiger partial charge in [0, 0.05) is 46.4 Å². The Morgan fingerprint density at radius 1 is 0.247 bits per heavy atom. The van der Waals surface area contributed by atoms with Crippen molar-refractivity contribution in [2.45, 2.75) is 0 Å². The lowest BCUT2D eigenvalue weighted by Crippen LogP contribution is -2.31. The molecule has 0 spiro atoms. The van der Waals surface area contributed by atoms with Gasteiger partial charge in [-0.25, -0.2) is 9.97 Å². The normalized spacial score (nSPS) is 13.4. The van der Waals surface area contributed by atoms with Crippen LogP contribution in [0.3, 0.4) is 0 Å². The van der Waals surface area contributed by atoms with Crippen LogP contribution in [0.25, 0.3) is 56.0 Å². The highest BCUT2D eigenvalue weighted by molar-refractivity contribution is 6.21. The summed E-state index contributed by atoms with van der Waals surface area (Å²) >= 11 is 0. The van der Waals surface area contributed by atoms with E-state index in [2.05, 4.69) is 298 Å². The maximum absolute atomic E-state index is 5.82. The summed E-state index contributed by atoms with van der Waals surface area (Å²) in [5, 5.41) is 0. The van der Waals surface area contributed by atoms with Gasteiger partial charge in [-0.15, -0.1) is 0 Å². The molecule has 0 aliphatic carbocycles. The van der Waals surface area contributed by atoms with E-state index in [4.69, 9.17) is 9.97 Å². The topological polar surface area (TPSA) is 55.1 Å². The van der Waals surface area contributed by atoms with Gasteiger partial charge in [-0.05, 0) is 103 Å². The van der Waals surface area contributed by atoms with Gasteiger partial charge in [0.25, 0.3) is 0 Å². The van der Waals surface area contributed by atoms with Crippen molar-refractivity contribution in [3.8, 4) is 33.9 Å². The Morgan fingerprint density at radius 2 is 0.519 bits per heavy atom. The zero-order valence-corrected chi connectivity index (χ0v) is 43.3. The van der Waals surface area contributed by atoms with E-state index in [-0.39, 0.29) is 0 Å². The number of anilines is 15. The Hall–Kier alpha value is -10.1. The molecule has 0 fully saturated rings. The summed E-state index contributed by atoms with van der Waals surface area (Å²) in [6.07, 6.45) is 0. The fraction of sp³-hybridized carbons (Fsp3) is 0.0746. The number of hydrogen-bond acceptors (Lipinski definition) is 8. The first-order valence-electron chi connectivity index (χ1n) is 26.2. The second-order valence-electron chi connectivity index (χ2n) is 20.1.